The highest BCUT2D eigenvalue weighted by Gasteiger charge is 2.34. The van der Waals surface area contributed by atoms with Gasteiger partial charge in [-0.2, -0.15) is 0 Å². The summed E-state index contributed by atoms with van der Waals surface area (Å²) >= 11 is 0. The van der Waals surface area contributed by atoms with E-state index in [-0.39, 0.29) is 24.3 Å². The summed E-state index contributed by atoms with van der Waals surface area (Å²) in [7, 11) is 0. The molecule has 0 radical (unpaired) electrons. The maximum atomic E-state index is 13.5. The molecule has 7 heteroatoms. The predicted octanol–water partition coefficient (Wildman–Crippen LogP) is 4.78. The van der Waals surface area contributed by atoms with Crippen LogP contribution in [0.15, 0.2) is 72.8 Å². The zero-order chi connectivity index (χ0) is 23.9. The molecule has 3 heterocycles. The van der Waals surface area contributed by atoms with Crippen molar-refractivity contribution in [3.8, 4) is 11.5 Å². The molecule has 35 heavy (non-hydrogen) atoms. The normalized spacial score (nSPS) is 16.6. The molecule has 1 aromatic heterocycles. The fourth-order valence-corrected chi connectivity index (χ4v) is 4.95. The monoisotopic (exact) mass is 466 g/mol. The Kier molecular flexibility index (Phi) is 5.03. The van der Waals surface area contributed by atoms with E-state index < -0.39 is 5.97 Å². The molecule has 1 unspecified atom stereocenters. The van der Waals surface area contributed by atoms with E-state index in [2.05, 4.69) is 11.1 Å². The lowest BCUT2D eigenvalue weighted by Crippen LogP contribution is -2.39. The molecule has 174 valence electrons. The molecule has 4 aromatic rings. The molecule has 0 bridgehead atoms. The van der Waals surface area contributed by atoms with Crippen LogP contribution in [0.3, 0.4) is 0 Å². The molecule has 6 rings (SSSR count). The number of hydrogen-bond donors (Lipinski definition) is 2. The van der Waals surface area contributed by atoms with E-state index in [4.69, 9.17) is 9.47 Å². The number of benzene rings is 3. The minimum Gasteiger partial charge on any atom is -0.478 e. The van der Waals surface area contributed by atoms with Gasteiger partial charge >= 0.3 is 5.97 Å². The van der Waals surface area contributed by atoms with Gasteiger partial charge in [0.1, 0.15) is 0 Å². The van der Waals surface area contributed by atoms with Crippen molar-refractivity contribution in [2.24, 2.45) is 0 Å². The number of aromatic nitrogens is 1. The van der Waals surface area contributed by atoms with Crippen molar-refractivity contribution in [3.63, 3.8) is 0 Å². The van der Waals surface area contributed by atoms with Crippen LogP contribution in [0, 0.1) is 0 Å². The van der Waals surface area contributed by atoms with Crippen LogP contribution in [0.4, 0.5) is 0 Å². The minimum absolute atomic E-state index is 0.155. The Hall–Kier alpha value is -4.52. The molecule has 2 aliphatic heterocycles. The second kappa shape index (κ2) is 8.36. The number of nitrogens with zero attached hydrogens (tertiary/aromatic N) is 1. The summed E-state index contributed by atoms with van der Waals surface area (Å²) in [4.78, 5) is 30.2. The number of ether oxygens (including phenoxy) is 2. The highest BCUT2D eigenvalue weighted by Crippen LogP contribution is 2.42. The van der Waals surface area contributed by atoms with Crippen LogP contribution >= 0.6 is 0 Å². The molecule has 2 aliphatic rings. The van der Waals surface area contributed by atoms with E-state index in [0.717, 1.165) is 23.2 Å². The summed E-state index contributed by atoms with van der Waals surface area (Å²) in [6.45, 7) is 0.730. The number of aromatic carboxylic acids is 1. The van der Waals surface area contributed by atoms with Crippen molar-refractivity contribution in [2.75, 3.05) is 13.3 Å². The number of carbonyl (C=O) groups is 2. The van der Waals surface area contributed by atoms with Crippen molar-refractivity contribution >= 4 is 28.9 Å². The zero-order valence-electron chi connectivity index (χ0n) is 18.7. The highest BCUT2D eigenvalue weighted by molar-refractivity contribution is 5.94. The summed E-state index contributed by atoms with van der Waals surface area (Å²) in [6.07, 6.45) is 3.90. The Balaban J connectivity index is 1.40. The Bertz CT molecular complexity index is 1500. The number of rotatable bonds is 4. The van der Waals surface area contributed by atoms with Crippen molar-refractivity contribution in [3.05, 3.63) is 101 Å². The average molecular weight is 466 g/mol. The number of carboxylic acids is 1. The van der Waals surface area contributed by atoms with Crippen LogP contribution in [-0.4, -0.2) is 40.2 Å². The van der Waals surface area contributed by atoms with Gasteiger partial charge in [0.25, 0.3) is 0 Å². The molecular weight excluding hydrogens is 444 g/mol. The van der Waals surface area contributed by atoms with Gasteiger partial charge in [0.2, 0.25) is 12.7 Å². The molecule has 1 amide bonds. The molecule has 1 atom stereocenters. The lowest BCUT2D eigenvalue weighted by atomic mass is 9.92. The molecule has 3 aromatic carbocycles. The predicted molar refractivity (Wildman–Crippen MR) is 131 cm³/mol. The first-order valence-electron chi connectivity index (χ1n) is 11.4. The Morgan fingerprint density at radius 2 is 1.86 bits per heavy atom. The van der Waals surface area contributed by atoms with Crippen molar-refractivity contribution in [1.29, 1.82) is 0 Å². The van der Waals surface area contributed by atoms with E-state index in [1.807, 2.05) is 41.3 Å². The van der Waals surface area contributed by atoms with Gasteiger partial charge < -0.3 is 24.5 Å². The number of aromatic amines is 1. The van der Waals surface area contributed by atoms with Crippen LogP contribution in [0.5, 0.6) is 11.5 Å². The fraction of sp³-hybridized carbons (Fsp3) is 0.143. The molecular formula is C28H22N2O5. The van der Waals surface area contributed by atoms with Crippen molar-refractivity contribution in [2.45, 2.75) is 12.5 Å². The first-order chi connectivity index (χ1) is 17.1. The van der Waals surface area contributed by atoms with Gasteiger partial charge in [-0.15, -0.1) is 0 Å². The van der Waals surface area contributed by atoms with Crippen LogP contribution in [0.25, 0.3) is 17.0 Å². The first kappa shape index (κ1) is 21.0. The summed E-state index contributed by atoms with van der Waals surface area (Å²) in [6, 6.07) is 20.2. The first-order valence-corrected chi connectivity index (χ1v) is 11.4. The maximum absolute atomic E-state index is 13.5. The topological polar surface area (TPSA) is 91.9 Å². The second-order valence-corrected chi connectivity index (χ2v) is 8.62. The van der Waals surface area contributed by atoms with Gasteiger partial charge in [0.15, 0.2) is 11.5 Å². The third-order valence-electron chi connectivity index (χ3n) is 6.58. The lowest BCUT2D eigenvalue weighted by molar-refractivity contribution is -0.128. The number of hydrogen-bond acceptors (Lipinski definition) is 4. The summed E-state index contributed by atoms with van der Waals surface area (Å²) in [5, 5.41) is 10.4. The number of amides is 1. The Morgan fingerprint density at radius 1 is 1.00 bits per heavy atom. The second-order valence-electron chi connectivity index (χ2n) is 8.62. The zero-order valence-corrected chi connectivity index (χ0v) is 18.7. The molecule has 2 N–H and O–H groups in total. The largest absolute Gasteiger partial charge is 0.478 e. The number of H-pyrrole nitrogens is 1. The number of nitrogens with one attached hydrogen (secondary N) is 1. The lowest BCUT2D eigenvalue weighted by Gasteiger charge is -2.35. The molecule has 0 saturated carbocycles. The Labute approximate surface area is 201 Å². The van der Waals surface area contributed by atoms with Crippen molar-refractivity contribution in [1.82, 2.24) is 9.88 Å². The van der Waals surface area contributed by atoms with Crippen molar-refractivity contribution < 1.29 is 24.2 Å². The van der Waals surface area contributed by atoms with E-state index >= 15 is 0 Å². The third-order valence-corrected chi connectivity index (χ3v) is 6.58. The third kappa shape index (κ3) is 3.71. The average Bonchev–Trinajstić information content (AvgIpc) is 3.50. The van der Waals surface area contributed by atoms with E-state index in [9.17, 15) is 14.7 Å². The Morgan fingerprint density at radius 3 is 2.74 bits per heavy atom. The van der Waals surface area contributed by atoms with Gasteiger partial charge in [-0.1, -0.05) is 36.4 Å². The SMILES string of the molecule is O=C(O)c1cccc(/C=C/C(=O)N2CCc3c([nH]c4ccccc34)C2c2ccc3c(c2)OCO3)c1. The number of para-hydroxylation sites is 1. The number of carbonyl (C=O) groups excluding carboxylic acids is 1. The van der Waals surface area contributed by atoms with E-state index in [1.165, 1.54) is 23.1 Å². The fourth-order valence-electron chi connectivity index (χ4n) is 4.95. The summed E-state index contributed by atoms with van der Waals surface area (Å²) in [5.41, 5.74) is 5.01. The van der Waals surface area contributed by atoms with Gasteiger partial charge in [0, 0.05) is 29.2 Å². The van der Waals surface area contributed by atoms with Gasteiger partial charge in [-0.25, -0.2) is 4.79 Å². The van der Waals surface area contributed by atoms with Gasteiger partial charge in [0.05, 0.1) is 11.6 Å². The van der Waals surface area contributed by atoms with Crippen LogP contribution in [0.1, 0.15) is 38.8 Å². The summed E-state index contributed by atoms with van der Waals surface area (Å²) < 4.78 is 11.1. The molecule has 0 saturated heterocycles. The molecule has 0 spiro atoms. The van der Waals surface area contributed by atoms with Gasteiger partial charge in [-0.3, -0.25) is 4.79 Å². The van der Waals surface area contributed by atoms with Crippen LogP contribution in [-0.2, 0) is 11.2 Å². The van der Waals surface area contributed by atoms with Crippen LogP contribution < -0.4 is 9.47 Å². The number of carboxylic acid groups (broad SMARTS) is 1. The molecule has 0 aliphatic carbocycles. The minimum atomic E-state index is -1.00. The maximum Gasteiger partial charge on any atom is 0.335 e. The standard InChI is InChI=1S/C28H22N2O5/c31-25(11-8-17-4-3-5-19(14-17)28(32)33)30-13-12-21-20-6-1-2-7-22(20)29-26(21)27(30)18-9-10-23-24(15-18)35-16-34-23/h1-11,14-15,27,29H,12-13,16H2,(H,32,33)/b11-8+. The quantitative estimate of drug-likeness (QED) is 0.422. The van der Waals surface area contributed by atoms with E-state index in [1.54, 1.807) is 24.3 Å². The molecule has 7 nitrogen and oxygen atoms in total. The van der Waals surface area contributed by atoms with E-state index in [0.29, 0.717) is 23.6 Å². The number of fused-ring (bicyclic) bond motifs is 4. The van der Waals surface area contributed by atoms with Gasteiger partial charge in [-0.05, 0) is 59.5 Å². The summed E-state index contributed by atoms with van der Waals surface area (Å²) in [5.74, 6) is 0.200. The highest BCUT2D eigenvalue weighted by atomic mass is 16.7. The molecule has 0 fully saturated rings. The smallest absolute Gasteiger partial charge is 0.335 e. The van der Waals surface area contributed by atoms with Crippen LogP contribution in [0.2, 0.25) is 0 Å².